The SMILES string of the molecule is CCN(C)C=Nc1cc(OC)c(C(O)(c2cnn(CC)c2)C(F)(F)F)cc1C. The highest BCUT2D eigenvalue weighted by molar-refractivity contribution is 5.66. The molecule has 1 aromatic carbocycles. The van der Waals surface area contributed by atoms with Crippen LogP contribution >= 0.6 is 0 Å². The largest absolute Gasteiger partial charge is 0.496 e. The lowest BCUT2D eigenvalue weighted by atomic mass is 9.85. The Labute approximate surface area is 162 Å². The molecule has 1 N–H and O–H groups in total. The highest BCUT2D eigenvalue weighted by Crippen LogP contribution is 2.48. The molecule has 28 heavy (non-hydrogen) atoms. The number of methoxy groups -OCH3 is 1. The van der Waals surface area contributed by atoms with E-state index in [4.69, 9.17) is 4.74 Å². The van der Waals surface area contributed by atoms with Crippen LogP contribution in [0.4, 0.5) is 18.9 Å². The summed E-state index contributed by atoms with van der Waals surface area (Å²) in [6.07, 6.45) is -1.19. The second kappa shape index (κ2) is 8.22. The molecule has 9 heteroatoms. The van der Waals surface area contributed by atoms with E-state index in [2.05, 4.69) is 10.1 Å². The molecule has 0 radical (unpaired) electrons. The van der Waals surface area contributed by atoms with Crippen molar-refractivity contribution in [2.75, 3.05) is 20.7 Å². The van der Waals surface area contributed by atoms with E-state index in [1.807, 2.05) is 18.9 Å². The van der Waals surface area contributed by atoms with Crippen LogP contribution in [-0.2, 0) is 12.1 Å². The summed E-state index contributed by atoms with van der Waals surface area (Å²) < 4.78 is 48.7. The van der Waals surface area contributed by atoms with Crippen LogP contribution in [0.25, 0.3) is 0 Å². The Morgan fingerprint density at radius 1 is 1.32 bits per heavy atom. The Hall–Kier alpha value is -2.55. The van der Waals surface area contributed by atoms with E-state index in [1.54, 1.807) is 20.2 Å². The van der Waals surface area contributed by atoms with Gasteiger partial charge in [-0.05, 0) is 32.4 Å². The van der Waals surface area contributed by atoms with Gasteiger partial charge in [-0.15, -0.1) is 0 Å². The quantitative estimate of drug-likeness (QED) is 0.572. The normalized spacial score (nSPS) is 14.3. The molecule has 0 saturated carbocycles. The molecule has 1 atom stereocenters. The van der Waals surface area contributed by atoms with E-state index in [9.17, 15) is 18.3 Å². The first-order chi connectivity index (χ1) is 13.1. The fourth-order valence-electron chi connectivity index (χ4n) is 2.71. The second-order valence-electron chi connectivity index (χ2n) is 6.45. The molecule has 2 aromatic rings. The molecule has 0 aliphatic heterocycles. The van der Waals surface area contributed by atoms with E-state index in [0.29, 0.717) is 17.8 Å². The van der Waals surface area contributed by atoms with E-state index >= 15 is 0 Å². The van der Waals surface area contributed by atoms with Crippen molar-refractivity contribution in [3.63, 3.8) is 0 Å². The standard InChI is InChI=1S/C19H25F3N4O2/c1-6-25(4)12-23-16-9-17(28-5)15(8-13(16)3)18(27,19(20,21)22)14-10-24-26(7-2)11-14/h8-12,27H,6-7H2,1-5H3. The number of aryl methyl sites for hydroxylation is 2. The van der Waals surface area contributed by atoms with Crippen molar-refractivity contribution >= 4 is 12.0 Å². The molecular weight excluding hydrogens is 373 g/mol. The van der Waals surface area contributed by atoms with Crippen molar-refractivity contribution in [1.29, 1.82) is 0 Å². The fourth-order valence-corrected chi connectivity index (χ4v) is 2.71. The number of ether oxygens (including phenoxy) is 1. The van der Waals surface area contributed by atoms with Gasteiger partial charge in [0.25, 0.3) is 0 Å². The van der Waals surface area contributed by atoms with Gasteiger partial charge in [0.05, 0.1) is 25.3 Å². The number of alkyl halides is 3. The van der Waals surface area contributed by atoms with E-state index in [1.165, 1.54) is 30.1 Å². The average Bonchev–Trinajstić information content (AvgIpc) is 3.14. The van der Waals surface area contributed by atoms with Crippen molar-refractivity contribution in [1.82, 2.24) is 14.7 Å². The van der Waals surface area contributed by atoms with Crippen LogP contribution in [0.3, 0.4) is 0 Å². The van der Waals surface area contributed by atoms with Crippen molar-refractivity contribution < 1.29 is 23.0 Å². The number of aromatic nitrogens is 2. The maximum atomic E-state index is 14.1. The average molecular weight is 398 g/mol. The minimum absolute atomic E-state index is 0.110. The van der Waals surface area contributed by atoms with E-state index in [0.717, 1.165) is 12.7 Å². The lowest BCUT2D eigenvalue weighted by molar-refractivity contribution is -0.248. The molecule has 2 rings (SSSR count). The number of hydrogen-bond donors (Lipinski definition) is 1. The van der Waals surface area contributed by atoms with Crippen molar-refractivity contribution in [3.05, 3.63) is 41.2 Å². The maximum Gasteiger partial charge on any atom is 0.426 e. The molecule has 154 valence electrons. The number of rotatable bonds is 7. The first-order valence-corrected chi connectivity index (χ1v) is 8.84. The molecule has 6 nitrogen and oxygen atoms in total. The Balaban J connectivity index is 2.67. The van der Waals surface area contributed by atoms with Gasteiger partial charge in [-0.1, -0.05) is 0 Å². The lowest BCUT2D eigenvalue weighted by Crippen LogP contribution is -2.43. The smallest absolute Gasteiger partial charge is 0.426 e. The topological polar surface area (TPSA) is 62.9 Å². The van der Waals surface area contributed by atoms with Crippen LogP contribution in [0.5, 0.6) is 5.75 Å². The molecule has 0 amide bonds. The first-order valence-electron chi connectivity index (χ1n) is 8.84. The van der Waals surface area contributed by atoms with Crippen LogP contribution in [0.2, 0.25) is 0 Å². The second-order valence-corrected chi connectivity index (χ2v) is 6.45. The van der Waals surface area contributed by atoms with Crippen LogP contribution in [-0.4, -0.2) is 53.0 Å². The molecule has 0 saturated heterocycles. The number of nitrogens with zero attached hydrogens (tertiary/aromatic N) is 4. The third-order valence-corrected chi connectivity index (χ3v) is 4.59. The summed E-state index contributed by atoms with van der Waals surface area (Å²) in [5.74, 6) is -0.110. The summed E-state index contributed by atoms with van der Waals surface area (Å²) in [5, 5.41) is 14.8. The zero-order valence-electron chi connectivity index (χ0n) is 16.6. The van der Waals surface area contributed by atoms with Crippen molar-refractivity contribution in [3.8, 4) is 5.75 Å². The molecule has 1 heterocycles. The number of aliphatic hydroxyl groups is 1. The predicted octanol–water partition coefficient (Wildman–Crippen LogP) is 3.63. The van der Waals surface area contributed by atoms with Gasteiger partial charge in [-0.25, -0.2) is 4.99 Å². The highest BCUT2D eigenvalue weighted by atomic mass is 19.4. The third-order valence-electron chi connectivity index (χ3n) is 4.59. The molecule has 0 bridgehead atoms. The summed E-state index contributed by atoms with van der Waals surface area (Å²) in [7, 11) is 3.09. The first kappa shape index (κ1) is 21.7. The summed E-state index contributed by atoms with van der Waals surface area (Å²) in [6, 6.07) is 2.65. The Bertz CT molecular complexity index is 848. The minimum atomic E-state index is -4.98. The number of hydrogen-bond acceptors (Lipinski definition) is 4. The monoisotopic (exact) mass is 398 g/mol. The maximum absolute atomic E-state index is 14.1. The molecule has 1 aromatic heterocycles. The zero-order valence-corrected chi connectivity index (χ0v) is 16.6. The van der Waals surface area contributed by atoms with Gasteiger partial charge in [-0.2, -0.15) is 18.3 Å². The summed E-state index contributed by atoms with van der Waals surface area (Å²) in [6.45, 7) is 6.43. The van der Waals surface area contributed by atoms with Gasteiger partial charge >= 0.3 is 6.18 Å². The predicted molar refractivity (Wildman–Crippen MR) is 101 cm³/mol. The number of benzene rings is 1. The lowest BCUT2D eigenvalue weighted by Gasteiger charge is -2.31. The number of aliphatic imine (C=N–C) groups is 1. The van der Waals surface area contributed by atoms with Crippen LogP contribution in [0, 0.1) is 6.92 Å². The van der Waals surface area contributed by atoms with Gasteiger partial charge in [-0.3, -0.25) is 4.68 Å². The Morgan fingerprint density at radius 2 is 2.00 bits per heavy atom. The summed E-state index contributed by atoms with van der Waals surface area (Å²) >= 11 is 0. The van der Waals surface area contributed by atoms with Gasteiger partial charge < -0.3 is 14.7 Å². The van der Waals surface area contributed by atoms with Crippen LogP contribution in [0.1, 0.15) is 30.5 Å². The fraction of sp³-hybridized carbons (Fsp3) is 0.474. The van der Waals surface area contributed by atoms with Gasteiger partial charge in [0.2, 0.25) is 5.60 Å². The highest BCUT2D eigenvalue weighted by Gasteiger charge is 2.58. The summed E-state index contributed by atoms with van der Waals surface area (Å²) in [5.41, 5.74) is -3.12. The third kappa shape index (κ3) is 3.99. The molecule has 1 unspecified atom stereocenters. The Kier molecular flexibility index (Phi) is 6.38. The van der Waals surface area contributed by atoms with Crippen LogP contribution in [0.15, 0.2) is 29.5 Å². The Morgan fingerprint density at radius 3 is 2.50 bits per heavy atom. The van der Waals surface area contributed by atoms with E-state index < -0.39 is 17.3 Å². The molecular formula is C19H25F3N4O2. The number of halogens is 3. The van der Waals surface area contributed by atoms with Crippen molar-refractivity contribution in [2.45, 2.75) is 39.1 Å². The van der Waals surface area contributed by atoms with E-state index in [-0.39, 0.29) is 11.3 Å². The van der Waals surface area contributed by atoms with Crippen LogP contribution < -0.4 is 4.74 Å². The minimum Gasteiger partial charge on any atom is -0.496 e. The summed E-state index contributed by atoms with van der Waals surface area (Å²) in [4.78, 5) is 6.13. The van der Waals surface area contributed by atoms with Gasteiger partial charge in [0.15, 0.2) is 0 Å². The van der Waals surface area contributed by atoms with Crippen molar-refractivity contribution in [2.24, 2.45) is 4.99 Å². The zero-order chi connectivity index (χ0) is 21.1. The molecule has 0 aliphatic rings. The molecule has 0 aliphatic carbocycles. The molecule has 0 fully saturated rings. The van der Waals surface area contributed by atoms with Gasteiger partial charge in [0.1, 0.15) is 5.75 Å². The molecule has 0 spiro atoms. The van der Waals surface area contributed by atoms with Gasteiger partial charge in [0, 0.05) is 43.5 Å².